The van der Waals surface area contributed by atoms with Gasteiger partial charge >= 0.3 is 0 Å². The van der Waals surface area contributed by atoms with Crippen LogP contribution in [0.4, 0.5) is 5.69 Å². The molecule has 0 saturated heterocycles. The standard InChI is InChI=1S/C23H18N2O3/c1-27-19-11-12-21-17(13-19)14-20(22(24)26)23(28-21)25-18-9-7-16(8-10-18)15-5-3-2-4-6-15/h2-14H,1H3,(H2,24,26). The maximum atomic E-state index is 11.9. The van der Waals surface area contributed by atoms with Gasteiger partial charge in [-0.25, -0.2) is 4.99 Å². The van der Waals surface area contributed by atoms with Crippen LogP contribution >= 0.6 is 0 Å². The van der Waals surface area contributed by atoms with Crippen molar-refractivity contribution in [1.82, 2.24) is 0 Å². The van der Waals surface area contributed by atoms with Crippen LogP contribution < -0.4 is 16.0 Å². The number of fused-ring (bicyclic) bond motifs is 1. The summed E-state index contributed by atoms with van der Waals surface area (Å²) in [4.78, 5) is 16.4. The predicted octanol–water partition coefficient (Wildman–Crippen LogP) is 4.44. The summed E-state index contributed by atoms with van der Waals surface area (Å²) >= 11 is 0. The quantitative estimate of drug-likeness (QED) is 0.577. The number of rotatable bonds is 4. The molecule has 1 amide bonds. The van der Waals surface area contributed by atoms with Gasteiger partial charge in [0.2, 0.25) is 5.55 Å². The van der Waals surface area contributed by atoms with Gasteiger partial charge < -0.3 is 14.9 Å². The van der Waals surface area contributed by atoms with Gasteiger partial charge in [0.1, 0.15) is 16.9 Å². The van der Waals surface area contributed by atoms with Crippen molar-refractivity contribution in [2.75, 3.05) is 7.11 Å². The maximum Gasteiger partial charge on any atom is 0.254 e. The number of hydrogen-bond acceptors (Lipinski definition) is 4. The number of amides is 1. The van der Waals surface area contributed by atoms with Crippen LogP contribution in [0.15, 0.2) is 88.3 Å². The van der Waals surface area contributed by atoms with Crippen molar-refractivity contribution >= 4 is 22.6 Å². The van der Waals surface area contributed by atoms with Crippen LogP contribution in [0.5, 0.6) is 5.75 Å². The average molecular weight is 370 g/mol. The van der Waals surface area contributed by atoms with E-state index in [-0.39, 0.29) is 11.1 Å². The summed E-state index contributed by atoms with van der Waals surface area (Å²) in [6.45, 7) is 0. The summed E-state index contributed by atoms with van der Waals surface area (Å²) in [5.74, 6) is 0.0624. The molecular weight excluding hydrogens is 352 g/mol. The molecule has 1 heterocycles. The number of benzene rings is 3. The number of nitrogens with two attached hydrogens (primary N) is 1. The first-order valence-corrected chi connectivity index (χ1v) is 8.76. The summed E-state index contributed by atoms with van der Waals surface area (Å²) in [5.41, 5.74) is 9.39. The SMILES string of the molecule is COc1ccc2oc(=Nc3ccc(-c4ccccc4)cc3)c(C(N)=O)cc2c1. The fourth-order valence-electron chi connectivity index (χ4n) is 2.97. The van der Waals surface area contributed by atoms with Crippen LogP contribution in [0.1, 0.15) is 10.4 Å². The number of hydrogen-bond donors (Lipinski definition) is 1. The number of ether oxygens (including phenoxy) is 1. The van der Waals surface area contributed by atoms with Crippen molar-refractivity contribution in [3.05, 3.63) is 90.0 Å². The average Bonchev–Trinajstić information content (AvgIpc) is 2.74. The van der Waals surface area contributed by atoms with Gasteiger partial charge in [-0.05, 0) is 47.5 Å². The van der Waals surface area contributed by atoms with Crippen LogP contribution in [-0.4, -0.2) is 13.0 Å². The lowest BCUT2D eigenvalue weighted by molar-refractivity contribution is 0.0996. The Labute approximate surface area is 161 Å². The number of carbonyl (C=O) groups is 1. The molecule has 4 aromatic rings. The van der Waals surface area contributed by atoms with E-state index in [4.69, 9.17) is 14.9 Å². The monoisotopic (exact) mass is 370 g/mol. The zero-order valence-corrected chi connectivity index (χ0v) is 15.3. The lowest BCUT2D eigenvalue weighted by Crippen LogP contribution is -2.21. The first kappa shape index (κ1) is 17.5. The molecule has 0 fully saturated rings. The van der Waals surface area contributed by atoms with E-state index in [9.17, 15) is 4.79 Å². The third-order valence-corrected chi connectivity index (χ3v) is 4.42. The van der Waals surface area contributed by atoms with Gasteiger partial charge in [0.05, 0.1) is 12.8 Å². The molecule has 0 aliphatic carbocycles. The van der Waals surface area contributed by atoms with Crippen LogP contribution in [0.25, 0.3) is 22.1 Å². The number of nitrogens with zero attached hydrogens (tertiary/aromatic N) is 1. The summed E-state index contributed by atoms with van der Waals surface area (Å²) in [6.07, 6.45) is 0. The molecule has 2 N–H and O–H groups in total. The Kier molecular flexibility index (Phi) is 4.64. The van der Waals surface area contributed by atoms with Gasteiger partial charge in [0.25, 0.3) is 5.91 Å². The first-order valence-electron chi connectivity index (χ1n) is 8.76. The van der Waals surface area contributed by atoms with E-state index in [1.165, 1.54) is 0 Å². The van der Waals surface area contributed by atoms with Crippen molar-refractivity contribution in [2.24, 2.45) is 10.7 Å². The van der Waals surface area contributed by atoms with Gasteiger partial charge in [-0.1, -0.05) is 42.5 Å². The highest BCUT2D eigenvalue weighted by Gasteiger charge is 2.10. The molecule has 0 radical (unpaired) electrons. The van der Waals surface area contributed by atoms with Gasteiger partial charge in [-0.2, -0.15) is 0 Å². The summed E-state index contributed by atoms with van der Waals surface area (Å²) in [5, 5.41) is 0.714. The third-order valence-electron chi connectivity index (χ3n) is 4.42. The van der Waals surface area contributed by atoms with Crippen LogP contribution in [0.2, 0.25) is 0 Å². The van der Waals surface area contributed by atoms with E-state index in [2.05, 4.69) is 4.99 Å². The lowest BCUT2D eigenvalue weighted by atomic mass is 10.1. The Morgan fingerprint density at radius 1 is 0.929 bits per heavy atom. The second kappa shape index (κ2) is 7.40. The van der Waals surface area contributed by atoms with Gasteiger partial charge in [-0.3, -0.25) is 4.79 Å². The molecule has 0 bridgehead atoms. The Morgan fingerprint density at radius 3 is 2.32 bits per heavy atom. The molecule has 1 aromatic heterocycles. The molecular formula is C23H18N2O3. The fraction of sp³-hybridized carbons (Fsp3) is 0.0435. The molecule has 0 unspecified atom stereocenters. The lowest BCUT2D eigenvalue weighted by Gasteiger charge is -2.05. The Morgan fingerprint density at radius 2 is 1.64 bits per heavy atom. The number of primary amides is 1. The molecule has 0 spiro atoms. The molecule has 4 rings (SSSR count). The minimum absolute atomic E-state index is 0.178. The molecule has 0 aliphatic heterocycles. The van der Waals surface area contributed by atoms with E-state index in [1.807, 2.05) is 54.6 Å². The normalized spacial score (nSPS) is 11.5. The van der Waals surface area contributed by atoms with Crippen molar-refractivity contribution < 1.29 is 13.9 Å². The second-order valence-electron chi connectivity index (χ2n) is 6.26. The molecule has 5 nitrogen and oxygen atoms in total. The maximum absolute atomic E-state index is 11.9. The van der Waals surface area contributed by atoms with E-state index in [0.29, 0.717) is 22.4 Å². The highest BCUT2D eigenvalue weighted by Crippen LogP contribution is 2.23. The summed E-state index contributed by atoms with van der Waals surface area (Å²) in [7, 11) is 1.58. The topological polar surface area (TPSA) is 77.8 Å². The largest absolute Gasteiger partial charge is 0.497 e. The van der Waals surface area contributed by atoms with E-state index < -0.39 is 5.91 Å². The van der Waals surface area contributed by atoms with E-state index in [0.717, 1.165) is 11.1 Å². The molecule has 0 saturated carbocycles. The minimum Gasteiger partial charge on any atom is -0.497 e. The first-order chi connectivity index (χ1) is 13.6. The van der Waals surface area contributed by atoms with Crippen LogP contribution in [0, 0.1) is 0 Å². The molecule has 3 aromatic carbocycles. The second-order valence-corrected chi connectivity index (χ2v) is 6.26. The number of carbonyl (C=O) groups excluding carboxylic acids is 1. The van der Waals surface area contributed by atoms with Gasteiger partial charge in [0.15, 0.2) is 0 Å². The molecule has 28 heavy (non-hydrogen) atoms. The zero-order chi connectivity index (χ0) is 19.5. The zero-order valence-electron chi connectivity index (χ0n) is 15.3. The van der Waals surface area contributed by atoms with Gasteiger partial charge in [0, 0.05) is 5.39 Å². The van der Waals surface area contributed by atoms with Crippen LogP contribution in [0.3, 0.4) is 0 Å². The molecule has 0 aliphatic rings. The van der Waals surface area contributed by atoms with Gasteiger partial charge in [-0.15, -0.1) is 0 Å². The summed E-state index contributed by atoms with van der Waals surface area (Å²) in [6, 6.07) is 24.8. The molecule has 138 valence electrons. The Hall–Kier alpha value is -3.86. The highest BCUT2D eigenvalue weighted by molar-refractivity contribution is 5.95. The molecule has 5 heteroatoms. The smallest absolute Gasteiger partial charge is 0.254 e. The predicted molar refractivity (Wildman–Crippen MR) is 108 cm³/mol. The highest BCUT2D eigenvalue weighted by atomic mass is 16.5. The number of methoxy groups -OCH3 is 1. The van der Waals surface area contributed by atoms with Crippen molar-refractivity contribution in [1.29, 1.82) is 0 Å². The molecule has 0 atom stereocenters. The minimum atomic E-state index is -0.604. The summed E-state index contributed by atoms with van der Waals surface area (Å²) < 4.78 is 11.1. The van der Waals surface area contributed by atoms with E-state index in [1.54, 1.807) is 31.4 Å². The van der Waals surface area contributed by atoms with Crippen molar-refractivity contribution in [2.45, 2.75) is 0 Å². The Balaban J connectivity index is 1.80. The van der Waals surface area contributed by atoms with Crippen molar-refractivity contribution in [3.8, 4) is 16.9 Å². The fourth-order valence-corrected chi connectivity index (χ4v) is 2.97. The van der Waals surface area contributed by atoms with Crippen LogP contribution in [-0.2, 0) is 0 Å². The van der Waals surface area contributed by atoms with Crippen molar-refractivity contribution in [3.63, 3.8) is 0 Å². The van der Waals surface area contributed by atoms with E-state index >= 15 is 0 Å². The third kappa shape index (κ3) is 3.50. The Bertz CT molecular complexity index is 1210.